The molecule has 0 atom stereocenters. The third kappa shape index (κ3) is 5.18. The van der Waals surface area contributed by atoms with Gasteiger partial charge in [-0.2, -0.15) is 0 Å². The van der Waals surface area contributed by atoms with Crippen molar-refractivity contribution in [2.24, 2.45) is 5.41 Å². The van der Waals surface area contributed by atoms with Crippen molar-refractivity contribution < 1.29 is 28.4 Å². The number of nitrogens with zero attached hydrogens (tertiary/aromatic N) is 1. The van der Waals surface area contributed by atoms with Crippen molar-refractivity contribution in [1.82, 2.24) is 4.57 Å². The zero-order valence-corrected chi connectivity index (χ0v) is 22.2. The molecule has 0 unspecified atom stereocenters. The minimum atomic E-state index is -0.732. The highest BCUT2D eigenvalue weighted by molar-refractivity contribution is 6.62. The van der Waals surface area contributed by atoms with Crippen LogP contribution in [0.1, 0.15) is 74.8 Å². The Labute approximate surface area is 203 Å². The molecule has 0 aliphatic carbocycles. The Balaban J connectivity index is 2.07. The fraction of sp³-hybridized carbons (Fsp3) is 0.615. The minimum Gasteiger partial charge on any atom is -0.466 e. The van der Waals surface area contributed by atoms with Crippen molar-refractivity contribution in [3.05, 3.63) is 29.8 Å². The molecule has 1 aliphatic rings. The first-order chi connectivity index (χ1) is 15.5. The fourth-order valence-electron chi connectivity index (χ4n) is 3.95. The molecular weight excluding hydrogens is 433 g/mol. The van der Waals surface area contributed by atoms with Crippen molar-refractivity contribution in [3.63, 3.8) is 0 Å². The Morgan fingerprint density at radius 1 is 1.00 bits per heavy atom. The van der Waals surface area contributed by atoms with Crippen LogP contribution in [0.5, 0.6) is 0 Å². The molecule has 2 aromatic rings. The van der Waals surface area contributed by atoms with E-state index in [9.17, 15) is 9.59 Å². The van der Waals surface area contributed by atoms with Crippen LogP contribution in [0.3, 0.4) is 0 Å². The first-order valence-corrected chi connectivity index (χ1v) is 11.9. The SMILES string of the molecule is CCOC(=O)C(C)(C)Cc1ccc2c(c1)cc(B1OC(C)(C)C(C)(C)O1)n2C(=O)OC(C)(C)C. The Hall–Kier alpha value is -2.32. The molecule has 34 heavy (non-hydrogen) atoms. The zero-order valence-electron chi connectivity index (χ0n) is 22.2. The molecule has 8 heteroatoms. The van der Waals surface area contributed by atoms with Crippen LogP contribution in [-0.2, 0) is 30.0 Å². The molecule has 186 valence electrons. The number of carbonyl (C=O) groups excluding carboxylic acids is 2. The zero-order chi connectivity index (χ0) is 25.7. The van der Waals surface area contributed by atoms with Crippen LogP contribution in [0.4, 0.5) is 4.79 Å². The molecule has 3 rings (SSSR count). The summed E-state index contributed by atoms with van der Waals surface area (Å²) in [7, 11) is -0.732. The summed E-state index contributed by atoms with van der Waals surface area (Å²) in [6.45, 7) is 19.3. The van der Waals surface area contributed by atoms with E-state index in [1.165, 1.54) is 4.57 Å². The van der Waals surface area contributed by atoms with Crippen LogP contribution < -0.4 is 5.59 Å². The van der Waals surface area contributed by atoms with E-state index < -0.39 is 35.4 Å². The van der Waals surface area contributed by atoms with Crippen molar-refractivity contribution in [2.45, 2.75) is 92.5 Å². The maximum absolute atomic E-state index is 13.3. The quantitative estimate of drug-likeness (QED) is 0.458. The topological polar surface area (TPSA) is 76.0 Å². The predicted molar refractivity (Wildman–Crippen MR) is 133 cm³/mol. The second-order valence-electron chi connectivity index (χ2n) is 11.6. The highest BCUT2D eigenvalue weighted by atomic mass is 16.7. The minimum absolute atomic E-state index is 0.237. The molecule has 0 spiro atoms. The van der Waals surface area contributed by atoms with E-state index in [1.807, 2.05) is 86.6 Å². The van der Waals surface area contributed by atoms with E-state index in [-0.39, 0.29) is 5.97 Å². The van der Waals surface area contributed by atoms with E-state index in [0.717, 1.165) is 10.9 Å². The van der Waals surface area contributed by atoms with Gasteiger partial charge in [0.05, 0.1) is 34.3 Å². The summed E-state index contributed by atoms with van der Waals surface area (Å²) >= 11 is 0. The van der Waals surface area contributed by atoms with Crippen LogP contribution >= 0.6 is 0 Å². The van der Waals surface area contributed by atoms with Crippen molar-refractivity contribution in [3.8, 4) is 0 Å². The van der Waals surface area contributed by atoms with Gasteiger partial charge >= 0.3 is 19.2 Å². The summed E-state index contributed by atoms with van der Waals surface area (Å²) in [4.78, 5) is 25.7. The van der Waals surface area contributed by atoms with Crippen LogP contribution in [0.15, 0.2) is 24.3 Å². The predicted octanol–water partition coefficient (Wildman–Crippen LogP) is 4.86. The largest absolute Gasteiger partial charge is 0.513 e. The Kier molecular flexibility index (Phi) is 6.74. The molecule has 0 saturated carbocycles. The summed E-state index contributed by atoms with van der Waals surface area (Å²) in [6.07, 6.45) is 0.0115. The first-order valence-electron chi connectivity index (χ1n) is 11.9. The summed E-state index contributed by atoms with van der Waals surface area (Å²) in [5, 5.41) is 0.840. The number of esters is 1. The molecule has 2 heterocycles. The highest BCUT2D eigenvalue weighted by Gasteiger charge is 2.53. The molecule has 1 aromatic carbocycles. The maximum atomic E-state index is 13.3. The van der Waals surface area contributed by atoms with Gasteiger partial charge < -0.3 is 18.8 Å². The summed E-state index contributed by atoms with van der Waals surface area (Å²) in [5.74, 6) is -0.237. The second kappa shape index (κ2) is 8.72. The molecule has 1 fully saturated rings. The lowest BCUT2D eigenvalue weighted by Crippen LogP contribution is -2.43. The van der Waals surface area contributed by atoms with Gasteiger partial charge in [0, 0.05) is 5.39 Å². The second-order valence-corrected chi connectivity index (χ2v) is 11.6. The van der Waals surface area contributed by atoms with Crippen LogP contribution in [0.25, 0.3) is 10.9 Å². The van der Waals surface area contributed by atoms with Gasteiger partial charge in [0.15, 0.2) is 0 Å². The number of ether oxygens (including phenoxy) is 2. The van der Waals surface area contributed by atoms with E-state index >= 15 is 0 Å². The standard InChI is InChI=1S/C26H38BNO6/c1-11-31-21(29)24(5,6)16-17-12-13-19-18(14-17)15-20(28(19)22(30)32-23(2,3)4)27-33-25(7,8)26(9,10)34-27/h12-15H,11,16H2,1-10H3. The third-order valence-electron chi connectivity index (χ3n) is 6.44. The number of carbonyl (C=O) groups is 2. The van der Waals surface area contributed by atoms with Crippen molar-refractivity contribution in [1.29, 1.82) is 0 Å². The van der Waals surface area contributed by atoms with Gasteiger partial charge in [0.25, 0.3) is 0 Å². The molecule has 7 nitrogen and oxygen atoms in total. The van der Waals surface area contributed by atoms with Gasteiger partial charge in [-0.05, 0) is 99.4 Å². The lowest BCUT2D eigenvalue weighted by molar-refractivity contribution is -0.153. The maximum Gasteiger partial charge on any atom is 0.513 e. The summed E-state index contributed by atoms with van der Waals surface area (Å²) < 4.78 is 25.0. The summed E-state index contributed by atoms with van der Waals surface area (Å²) in [5.41, 5.74) is -0.214. The van der Waals surface area contributed by atoms with Gasteiger partial charge in [0.2, 0.25) is 0 Å². The van der Waals surface area contributed by atoms with Crippen molar-refractivity contribution in [2.75, 3.05) is 6.61 Å². The van der Waals surface area contributed by atoms with E-state index in [1.54, 1.807) is 6.92 Å². The number of hydrogen-bond acceptors (Lipinski definition) is 6. The van der Waals surface area contributed by atoms with Gasteiger partial charge in [-0.3, -0.25) is 9.36 Å². The van der Waals surface area contributed by atoms with E-state index in [2.05, 4.69) is 0 Å². The van der Waals surface area contributed by atoms with Gasteiger partial charge in [-0.1, -0.05) is 6.07 Å². The Morgan fingerprint density at radius 3 is 2.12 bits per heavy atom. The molecule has 1 aliphatic heterocycles. The number of fused-ring (bicyclic) bond motifs is 1. The Morgan fingerprint density at radius 2 is 1.59 bits per heavy atom. The molecule has 1 saturated heterocycles. The van der Waals surface area contributed by atoms with Gasteiger partial charge in [-0.15, -0.1) is 0 Å². The molecule has 0 amide bonds. The van der Waals surface area contributed by atoms with Crippen molar-refractivity contribution >= 4 is 35.7 Å². The summed E-state index contributed by atoms with van der Waals surface area (Å²) in [6, 6.07) is 7.71. The average molecular weight is 471 g/mol. The Bertz CT molecular complexity index is 1080. The monoisotopic (exact) mass is 471 g/mol. The van der Waals surface area contributed by atoms with E-state index in [4.69, 9.17) is 18.8 Å². The highest BCUT2D eigenvalue weighted by Crippen LogP contribution is 2.37. The number of aromatic nitrogens is 1. The third-order valence-corrected chi connectivity index (χ3v) is 6.44. The molecule has 1 aromatic heterocycles. The number of hydrogen-bond donors (Lipinski definition) is 0. The molecular formula is C26H38BNO6. The lowest BCUT2D eigenvalue weighted by atomic mass is 9.84. The smallest absolute Gasteiger partial charge is 0.466 e. The van der Waals surface area contributed by atoms with E-state index in [0.29, 0.717) is 24.1 Å². The molecule has 0 N–H and O–H groups in total. The van der Waals surface area contributed by atoms with Gasteiger partial charge in [-0.25, -0.2) is 4.79 Å². The molecule has 0 radical (unpaired) electrons. The molecule has 0 bridgehead atoms. The van der Waals surface area contributed by atoms with Gasteiger partial charge in [0.1, 0.15) is 5.60 Å². The first kappa shape index (κ1) is 26.3. The average Bonchev–Trinajstić information content (AvgIpc) is 3.14. The van der Waals surface area contributed by atoms with Crippen LogP contribution in [0, 0.1) is 5.41 Å². The number of benzene rings is 1. The number of rotatable bonds is 5. The van der Waals surface area contributed by atoms with Crippen LogP contribution in [0.2, 0.25) is 0 Å². The fourth-order valence-corrected chi connectivity index (χ4v) is 3.95. The van der Waals surface area contributed by atoms with Crippen LogP contribution in [-0.4, -0.2) is 47.2 Å². The lowest BCUT2D eigenvalue weighted by Gasteiger charge is -2.32. The normalized spacial score (nSPS) is 17.8.